The Morgan fingerprint density at radius 3 is 1.88 bits per heavy atom. The van der Waals surface area contributed by atoms with E-state index in [1.165, 1.54) is 38.5 Å². The lowest BCUT2D eigenvalue weighted by Crippen LogP contribution is -2.11. The smallest absolute Gasteiger partial charge is 0.316 e. The molecule has 178 valence electrons. The zero-order valence-electron chi connectivity index (χ0n) is 19.9. The second-order valence-corrected chi connectivity index (χ2v) is 7.82. The average Bonchev–Trinajstić information content (AvgIpc) is 2.83. The first-order valence-electron chi connectivity index (χ1n) is 12.2. The number of aromatic nitrogens is 2. The van der Waals surface area contributed by atoms with Crippen LogP contribution in [-0.4, -0.2) is 49.6 Å². The fourth-order valence-corrected chi connectivity index (χ4v) is 3.19. The van der Waals surface area contributed by atoms with Crippen molar-refractivity contribution in [3.63, 3.8) is 0 Å². The highest BCUT2D eigenvalue weighted by atomic mass is 16.5. The standard InChI is InChI=1S/C26H40N2O4/c1-3-5-6-7-8-9-10-16-32-26-27-21-24(22-28-26)23-11-13-25(14-12-23)31-20-19-30-18-17-29-15-4-2/h11-14,21-22H,3-10,15-20H2,1-2H3. The Labute approximate surface area is 193 Å². The minimum absolute atomic E-state index is 0.444. The normalized spacial score (nSPS) is 10.9. The van der Waals surface area contributed by atoms with E-state index in [0.29, 0.717) is 39.0 Å². The molecular weight excluding hydrogens is 404 g/mol. The van der Waals surface area contributed by atoms with Crippen molar-refractivity contribution in [2.75, 3.05) is 39.6 Å². The largest absolute Gasteiger partial charge is 0.491 e. The molecule has 2 rings (SSSR count). The Morgan fingerprint density at radius 2 is 1.19 bits per heavy atom. The number of unbranched alkanes of at least 4 members (excludes halogenated alkanes) is 6. The first-order valence-corrected chi connectivity index (χ1v) is 12.2. The van der Waals surface area contributed by atoms with Crippen LogP contribution in [0.1, 0.15) is 65.2 Å². The Bertz CT molecular complexity index is 630. The van der Waals surface area contributed by atoms with Gasteiger partial charge in [0, 0.05) is 24.6 Å². The molecule has 0 saturated heterocycles. The van der Waals surface area contributed by atoms with Crippen molar-refractivity contribution in [1.29, 1.82) is 0 Å². The van der Waals surface area contributed by atoms with Crippen LogP contribution in [-0.2, 0) is 9.47 Å². The first-order chi connectivity index (χ1) is 15.8. The molecule has 0 saturated carbocycles. The molecule has 0 radical (unpaired) electrons. The minimum Gasteiger partial charge on any atom is -0.491 e. The molecular formula is C26H40N2O4. The van der Waals surface area contributed by atoms with Gasteiger partial charge in [0.05, 0.1) is 26.4 Å². The van der Waals surface area contributed by atoms with Crippen molar-refractivity contribution < 1.29 is 18.9 Å². The summed E-state index contributed by atoms with van der Waals surface area (Å²) < 4.78 is 22.3. The molecule has 0 aliphatic heterocycles. The third kappa shape index (κ3) is 11.4. The molecule has 0 atom stereocenters. The van der Waals surface area contributed by atoms with Gasteiger partial charge in [0.25, 0.3) is 0 Å². The van der Waals surface area contributed by atoms with Crippen LogP contribution in [0.5, 0.6) is 11.8 Å². The summed E-state index contributed by atoms with van der Waals surface area (Å²) in [6.07, 6.45) is 13.5. The summed E-state index contributed by atoms with van der Waals surface area (Å²) in [7, 11) is 0. The number of nitrogens with zero attached hydrogens (tertiary/aromatic N) is 2. The van der Waals surface area contributed by atoms with E-state index in [2.05, 4.69) is 23.8 Å². The molecule has 0 amide bonds. The van der Waals surface area contributed by atoms with Gasteiger partial charge in [-0.1, -0.05) is 64.5 Å². The third-order valence-electron chi connectivity index (χ3n) is 5.01. The fraction of sp³-hybridized carbons (Fsp3) is 0.615. The monoisotopic (exact) mass is 444 g/mol. The fourth-order valence-electron chi connectivity index (χ4n) is 3.19. The Kier molecular flexibility index (Phi) is 14.2. The van der Waals surface area contributed by atoms with Crippen molar-refractivity contribution in [2.45, 2.75) is 65.2 Å². The topological polar surface area (TPSA) is 62.7 Å². The molecule has 2 aromatic rings. The molecule has 1 aromatic carbocycles. The molecule has 0 aliphatic rings. The van der Waals surface area contributed by atoms with Crippen molar-refractivity contribution in [2.24, 2.45) is 0 Å². The van der Waals surface area contributed by atoms with Crippen LogP contribution in [0.3, 0.4) is 0 Å². The summed E-state index contributed by atoms with van der Waals surface area (Å²) >= 11 is 0. The summed E-state index contributed by atoms with van der Waals surface area (Å²) in [5.41, 5.74) is 2.00. The zero-order valence-corrected chi connectivity index (χ0v) is 19.9. The van der Waals surface area contributed by atoms with Crippen LogP contribution in [0.2, 0.25) is 0 Å². The number of hydrogen-bond acceptors (Lipinski definition) is 6. The quantitative estimate of drug-likeness (QED) is 0.244. The van der Waals surface area contributed by atoms with Gasteiger partial charge in [-0.3, -0.25) is 0 Å². The molecule has 0 unspecified atom stereocenters. The maximum atomic E-state index is 5.72. The number of benzene rings is 1. The van der Waals surface area contributed by atoms with E-state index in [1.54, 1.807) is 12.4 Å². The summed E-state index contributed by atoms with van der Waals surface area (Å²) in [6.45, 7) is 8.09. The van der Waals surface area contributed by atoms with E-state index in [9.17, 15) is 0 Å². The van der Waals surface area contributed by atoms with Gasteiger partial charge in [0.1, 0.15) is 12.4 Å². The SMILES string of the molecule is CCCCCCCCCOc1ncc(-c2ccc(OCCOCCOCCC)cc2)cn1. The van der Waals surface area contributed by atoms with E-state index in [0.717, 1.165) is 36.3 Å². The maximum absolute atomic E-state index is 5.72. The molecule has 6 heteroatoms. The molecule has 0 fully saturated rings. The highest BCUT2D eigenvalue weighted by molar-refractivity contribution is 5.62. The van der Waals surface area contributed by atoms with Crippen molar-refractivity contribution in [3.8, 4) is 22.9 Å². The first kappa shape index (κ1) is 26.1. The van der Waals surface area contributed by atoms with Gasteiger partial charge in [-0.2, -0.15) is 0 Å². The molecule has 1 aromatic heterocycles. The molecule has 1 heterocycles. The lowest BCUT2D eigenvalue weighted by Gasteiger charge is -2.09. The summed E-state index contributed by atoms with van der Waals surface area (Å²) in [6, 6.07) is 8.36. The van der Waals surface area contributed by atoms with Crippen LogP contribution >= 0.6 is 0 Å². The molecule has 0 spiro atoms. The second kappa shape index (κ2) is 17.4. The van der Waals surface area contributed by atoms with Crippen LogP contribution < -0.4 is 9.47 Å². The van der Waals surface area contributed by atoms with Gasteiger partial charge >= 0.3 is 6.01 Å². The Hall–Kier alpha value is -2.18. The number of rotatable bonds is 19. The highest BCUT2D eigenvalue weighted by Crippen LogP contribution is 2.22. The van der Waals surface area contributed by atoms with E-state index in [-0.39, 0.29) is 0 Å². The lowest BCUT2D eigenvalue weighted by atomic mass is 10.1. The maximum Gasteiger partial charge on any atom is 0.316 e. The van der Waals surface area contributed by atoms with Crippen LogP contribution in [0.15, 0.2) is 36.7 Å². The Balaban J connectivity index is 1.61. The predicted octanol–water partition coefficient (Wildman–Crippen LogP) is 6.10. The minimum atomic E-state index is 0.444. The van der Waals surface area contributed by atoms with Crippen LogP contribution in [0.4, 0.5) is 0 Å². The van der Waals surface area contributed by atoms with Gasteiger partial charge in [0.15, 0.2) is 0 Å². The van der Waals surface area contributed by atoms with Crippen LogP contribution in [0, 0.1) is 0 Å². The van der Waals surface area contributed by atoms with Gasteiger partial charge < -0.3 is 18.9 Å². The van der Waals surface area contributed by atoms with Crippen molar-refractivity contribution in [3.05, 3.63) is 36.7 Å². The van der Waals surface area contributed by atoms with E-state index < -0.39 is 0 Å². The van der Waals surface area contributed by atoms with E-state index in [1.807, 2.05) is 24.3 Å². The molecule has 0 N–H and O–H groups in total. The van der Waals surface area contributed by atoms with E-state index in [4.69, 9.17) is 18.9 Å². The summed E-state index contributed by atoms with van der Waals surface area (Å²) in [5, 5.41) is 0. The molecule has 6 nitrogen and oxygen atoms in total. The lowest BCUT2D eigenvalue weighted by molar-refractivity contribution is 0.0366. The molecule has 0 bridgehead atoms. The van der Waals surface area contributed by atoms with Crippen molar-refractivity contribution >= 4 is 0 Å². The van der Waals surface area contributed by atoms with Crippen LogP contribution in [0.25, 0.3) is 11.1 Å². The van der Waals surface area contributed by atoms with Crippen molar-refractivity contribution in [1.82, 2.24) is 9.97 Å². The number of hydrogen-bond donors (Lipinski definition) is 0. The van der Waals surface area contributed by atoms with Gasteiger partial charge in [-0.15, -0.1) is 0 Å². The number of ether oxygens (including phenoxy) is 4. The summed E-state index contributed by atoms with van der Waals surface area (Å²) in [4.78, 5) is 8.68. The predicted molar refractivity (Wildman–Crippen MR) is 128 cm³/mol. The highest BCUT2D eigenvalue weighted by Gasteiger charge is 2.03. The zero-order chi connectivity index (χ0) is 22.7. The Morgan fingerprint density at radius 1 is 0.562 bits per heavy atom. The second-order valence-electron chi connectivity index (χ2n) is 7.82. The van der Waals surface area contributed by atoms with Gasteiger partial charge in [-0.25, -0.2) is 9.97 Å². The average molecular weight is 445 g/mol. The van der Waals surface area contributed by atoms with Gasteiger partial charge in [0.2, 0.25) is 0 Å². The molecule has 0 aliphatic carbocycles. The molecule has 32 heavy (non-hydrogen) atoms. The van der Waals surface area contributed by atoms with E-state index >= 15 is 0 Å². The third-order valence-corrected chi connectivity index (χ3v) is 5.01. The summed E-state index contributed by atoms with van der Waals surface area (Å²) in [5.74, 6) is 0.815. The van der Waals surface area contributed by atoms with Gasteiger partial charge in [-0.05, 0) is 30.5 Å².